The summed E-state index contributed by atoms with van der Waals surface area (Å²) in [5.41, 5.74) is 4.39. The Kier molecular flexibility index (Phi) is 4.03. The molecule has 1 saturated heterocycles. The van der Waals surface area contributed by atoms with Crippen LogP contribution in [0, 0.1) is 11.8 Å². The van der Waals surface area contributed by atoms with Gasteiger partial charge >= 0.3 is 0 Å². The molecule has 0 radical (unpaired) electrons. The molecule has 122 valence electrons. The van der Waals surface area contributed by atoms with E-state index in [1.807, 2.05) is 12.1 Å². The standard InChI is InChI=1S/C18H18N4O2/c23-18-15-9-17(22-16(15)4-6-21-18)14-3-5-19-10-12(14)1-2-13-11-24-8-7-20-13/h3,5,9-10,13,20,22H,4,6-8,11H2,(H,21,23). The maximum atomic E-state index is 12.0. The van der Waals surface area contributed by atoms with Gasteiger partial charge in [-0.3, -0.25) is 15.1 Å². The highest BCUT2D eigenvalue weighted by atomic mass is 16.5. The highest BCUT2D eigenvalue weighted by molar-refractivity contribution is 5.98. The number of ether oxygens (including phenoxy) is 1. The van der Waals surface area contributed by atoms with Gasteiger partial charge in [-0.15, -0.1) is 0 Å². The molecule has 1 amide bonds. The molecule has 2 aliphatic rings. The Labute approximate surface area is 140 Å². The summed E-state index contributed by atoms with van der Waals surface area (Å²) >= 11 is 0. The number of pyridine rings is 1. The predicted octanol–water partition coefficient (Wildman–Crippen LogP) is 0.702. The number of aromatic amines is 1. The van der Waals surface area contributed by atoms with Crippen molar-refractivity contribution in [1.29, 1.82) is 0 Å². The van der Waals surface area contributed by atoms with Crippen LogP contribution in [0.1, 0.15) is 21.6 Å². The number of rotatable bonds is 1. The fourth-order valence-electron chi connectivity index (χ4n) is 2.99. The Hall–Kier alpha value is -2.62. The van der Waals surface area contributed by atoms with Crippen LogP contribution in [0.3, 0.4) is 0 Å². The van der Waals surface area contributed by atoms with Crippen LogP contribution in [-0.4, -0.2) is 48.2 Å². The summed E-state index contributed by atoms with van der Waals surface area (Å²) in [7, 11) is 0. The van der Waals surface area contributed by atoms with Crippen molar-refractivity contribution in [3.8, 4) is 23.1 Å². The molecule has 0 aliphatic carbocycles. The van der Waals surface area contributed by atoms with Crippen LogP contribution < -0.4 is 10.6 Å². The number of nitrogens with zero attached hydrogens (tertiary/aromatic N) is 1. The Balaban J connectivity index is 1.67. The Morgan fingerprint density at radius 3 is 3.08 bits per heavy atom. The van der Waals surface area contributed by atoms with Gasteiger partial charge in [-0.05, 0) is 12.1 Å². The van der Waals surface area contributed by atoms with Gasteiger partial charge in [-0.2, -0.15) is 0 Å². The van der Waals surface area contributed by atoms with Crippen LogP contribution >= 0.6 is 0 Å². The Morgan fingerprint density at radius 2 is 2.25 bits per heavy atom. The first-order valence-corrected chi connectivity index (χ1v) is 8.08. The minimum absolute atomic E-state index is 0.0241. The van der Waals surface area contributed by atoms with E-state index in [9.17, 15) is 4.79 Å². The van der Waals surface area contributed by atoms with Crippen LogP contribution in [0.5, 0.6) is 0 Å². The lowest BCUT2D eigenvalue weighted by Gasteiger charge is -2.18. The lowest BCUT2D eigenvalue weighted by molar-refractivity contribution is 0.0925. The lowest BCUT2D eigenvalue weighted by Crippen LogP contribution is -2.40. The molecule has 1 atom stereocenters. The van der Waals surface area contributed by atoms with Crippen LogP contribution in [0.2, 0.25) is 0 Å². The first kappa shape index (κ1) is 14.9. The van der Waals surface area contributed by atoms with Gasteiger partial charge in [0.15, 0.2) is 0 Å². The molecule has 6 nitrogen and oxygen atoms in total. The number of morpholine rings is 1. The highest BCUT2D eigenvalue weighted by Crippen LogP contribution is 2.26. The van der Waals surface area contributed by atoms with Crippen molar-refractivity contribution < 1.29 is 9.53 Å². The first-order chi connectivity index (χ1) is 11.8. The van der Waals surface area contributed by atoms with Gasteiger partial charge in [0.2, 0.25) is 0 Å². The van der Waals surface area contributed by atoms with E-state index in [1.54, 1.807) is 12.4 Å². The third-order valence-electron chi connectivity index (χ3n) is 4.22. The second-order valence-corrected chi connectivity index (χ2v) is 5.85. The number of nitrogens with one attached hydrogen (secondary N) is 3. The minimum atomic E-state index is -0.0241. The molecule has 0 aromatic carbocycles. The SMILES string of the molecule is O=C1NCCc2[nH]c(-c3ccncc3C#CC3COCCN3)cc21. The fraction of sp³-hybridized carbons (Fsp3) is 0.333. The average molecular weight is 322 g/mol. The maximum Gasteiger partial charge on any atom is 0.253 e. The molecule has 0 spiro atoms. The summed E-state index contributed by atoms with van der Waals surface area (Å²) in [6.07, 6.45) is 4.31. The molecule has 3 N–H and O–H groups in total. The predicted molar refractivity (Wildman–Crippen MR) is 89.5 cm³/mol. The number of aromatic nitrogens is 2. The van der Waals surface area contributed by atoms with Gasteiger partial charge in [0.05, 0.1) is 30.4 Å². The number of hydrogen-bond donors (Lipinski definition) is 3. The molecule has 0 saturated carbocycles. The third kappa shape index (κ3) is 2.92. The number of fused-ring (bicyclic) bond motifs is 1. The number of carbonyl (C=O) groups is 1. The third-order valence-corrected chi connectivity index (χ3v) is 4.22. The van der Waals surface area contributed by atoms with Crippen molar-refractivity contribution in [2.75, 3.05) is 26.3 Å². The molecule has 4 heterocycles. The Morgan fingerprint density at radius 1 is 1.29 bits per heavy atom. The summed E-state index contributed by atoms with van der Waals surface area (Å²) < 4.78 is 5.42. The zero-order valence-electron chi connectivity index (χ0n) is 13.2. The number of carbonyl (C=O) groups excluding carboxylic acids is 1. The molecule has 6 heteroatoms. The molecule has 24 heavy (non-hydrogen) atoms. The van der Waals surface area contributed by atoms with E-state index < -0.39 is 0 Å². The fourth-order valence-corrected chi connectivity index (χ4v) is 2.99. The Bertz CT molecular complexity index is 825. The molecule has 2 aliphatic heterocycles. The molecule has 2 aromatic rings. The maximum absolute atomic E-state index is 12.0. The van der Waals surface area contributed by atoms with Crippen molar-refractivity contribution in [3.05, 3.63) is 41.3 Å². The highest BCUT2D eigenvalue weighted by Gasteiger charge is 2.20. The summed E-state index contributed by atoms with van der Waals surface area (Å²) in [6, 6.07) is 3.85. The van der Waals surface area contributed by atoms with Gasteiger partial charge in [0.25, 0.3) is 5.91 Å². The first-order valence-electron chi connectivity index (χ1n) is 8.08. The van der Waals surface area contributed by atoms with Gasteiger partial charge < -0.3 is 15.0 Å². The second-order valence-electron chi connectivity index (χ2n) is 5.85. The number of hydrogen-bond acceptors (Lipinski definition) is 4. The smallest absolute Gasteiger partial charge is 0.253 e. The molecule has 2 aromatic heterocycles. The largest absolute Gasteiger partial charge is 0.377 e. The second kappa shape index (κ2) is 6.48. The average Bonchev–Trinajstić information content (AvgIpc) is 3.07. The zero-order chi connectivity index (χ0) is 16.4. The summed E-state index contributed by atoms with van der Waals surface area (Å²) in [6.45, 7) is 2.81. The molecule has 1 unspecified atom stereocenters. The van der Waals surface area contributed by atoms with Crippen molar-refractivity contribution in [2.45, 2.75) is 12.5 Å². The van der Waals surface area contributed by atoms with Gasteiger partial charge in [-0.25, -0.2) is 0 Å². The molecule has 0 bridgehead atoms. The van der Waals surface area contributed by atoms with E-state index in [4.69, 9.17) is 4.74 Å². The topological polar surface area (TPSA) is 79.0 Å². The van der Waals surface area contributed by atoms with Gasteiger partial charge in [-0.1, -0.05) is 11.8 Å². The van der Waals surface area contributed by atoms with Crippen molar-refractivity contribution in [1.82, 2.24) is 20.6 Å². The molecular weight excluding hydrogens is 304 g/mol. The summed E-state index contributed by atoms with van der Waals surface area (Å²) in [5.74, 6) is 6.37. The monoisotopic (exact) mass is 322 g/mol. The van der Waals surface area contributed by atoms with Gasteiger partial charge in [0.1, 0.15) is 0 Å². The number of amides is 1. The molecule has 1 fully saturated rings. The van der Waals surface area contributed by atoms with Crippen molar-refractivity contribution >= 4 is 5.91 Å². The van der Waals surface area contributed by atoms with Crippen LogP contribution in [-0.2, 0) is 11.2 Å². The van der Waals surface area contributed by atoms with Crippen molar-refractivity contribution in [2.24, 2.45) is 0 Å². The van der Waals surface area contributed by atoms with Crippen LogP contribution in [0.4, 0.5) is 0 Å². The van der Waals surface area contributed by atoms with E-state index in [2.05, 4.69) is 32.4 Å². The van der Waals surface area contributed by atoms with E-state index >= 15 is 0 Å². The van der Waals surface area contributed by atoms with E-state index in [0.29, 0.717) is 18.7 Å². The van der Waals surface area contributed by atoms with E-state index in [0.717, 1.165) is 42.1 Å². The normalized spacial score (nSPS) is 19.8. The van der Waals surface area contributed by atoms with Crippen LogP contribution in [0.15, 0.2) is 24.5 Å². The minimum Gasteiger partial charge on any atom is -0.377 e. The van der Waals surface area contributed by atoms with E-state index in [-0.39, 0.29) is 11.9 Å². The van der Waals surface area contributed by atoms with Crippen molar-refractivity contribution in [3.63, 3.8) is 0 Å². The molecular formula is C18H18N4O2. The van der Waals surface area contributed by atoms with Crippen LogP contribution in [0.25, 0.3) is 11.3 Å². The summed E-state index contributed by atoms with van der Waals surface area (Å²) in [5, 5.41) is 6.18. The number of H-pyrrole nitrogens is 1. The quantitative estimate of drug-likeness (QED) is 0.676. The van der Waals surface area contributed by atoms with Gasteiger partial charge in [0, 0.05) is 48.9 Å². The van der Waals surface area contributed by atoms with E-state index in [1.165, 1.54) is 0 Å². The molecule has 4 rings (SSSR count). The zero-order valence-corrected chi connectivity index (χ0v) is 13.2. The lowest BCUT2D eigenvalue weighted by atomic mass is 10.1. The summed E-state index contributed by atoms with van der Waals surface area (Å²) in [4.78, 5) is 19.5.